The number of carbonyl (C=O) groups is 1. The molecule has 3 aromatic carbocycles. The molecule has 0 saturated heterocycles. The van der Waals surface area contributed by atoms with Gasteiger partial charge in [0.05, 0.1) is 22.7 Å². The molecule has 0 fully saturated rings. The minimum Gasteiger partial charge on any atom is -0.496 e. The van der Waals surface area contributed by atoms with Crippen molar-refractivity contribution in [2.45, 2.75) is 0 Å². The van der Waals surface area contributed by atoms with Gasteiger partial charge in [-0.15, -0.1) is 0 Å². The maximum atomic E-state index is 12.5. The minimum atomic E-state index is -0.513. The van der Waals surface area contributed by atoms with Gasteiger partial charge in [-0.1, -0.05) is 59.6 Å². The molecule has 3 rings (SSSR count). The summed E-state index contributed by atoms with van der Waals surface area (Å²) < 4.78 is 11.0. The molecule has 0 amide bonds. The Balaban J connectivity index is 1.96. The van der Waals surface area contributed by atoms with Crippen LogP contribution in [0.4, 0.5) is 0 Å². The Morgan fingerprint density at radius 1 is 0.800 bits per heavy atom. The normalized spacial score (nSPS) is 10.4. The average molecular weight is 373 g/mol. The lowest BCUT2D eigenvalue weighted by molar-refractivity contribution is 0.0735. The molecule has 25 heavy (non-hydrogen) atoms. The van der Waals surface area contributed by atoms with Crippen LogP contribution in [0.3, 0.4) is 0 Å². The Morgan fingerprint density at radius 3 is 2.04 bits per heavy atom. The van der Waals surface area contributed by atoms with Crippen LogP contribution in [0, 0.1) is 0 Å². The lowest BCUT2D eigenvalue weighted by atomic mass is 10.0. The zero-order valence-corrected chi connectivity index (χ0v) is 14.8. The van der Waals surface area contributed by atoms with Gasteiger partial charge in [0.25, 0.3) is 0 Å². The molecule has 0 N–H and O–H groups in total. The van der Waals surface area contributed by atoms with Crippen molar-refractivity contribution in [2.75, 3.05) is 7.11 Å². The van der Waals surface area contributed by atoms with Gasteiger partial charge < -0.3 is 9.47 Å². The molecule has 0 saturated carbocycles. The second-order valence-electron chi connectivity index (χ2n) is 5.21. The Kier molecular flexibility index (Phi) is 5.27. The first kappa shape index (κ1) is 17.3. The molecule has 5 heteroatoms. The molecule has 0 aliphatic rings. The molecule has 126 valence electrons. The van der Waals surface area contributed by atoms with Crippen LogP contribution >= 0.6 is 23.2 Å². The molecule has 0 aliphatic carbocycles. The van der Waals surface area contributed by atoms with Crippen LogP contribution in [0.1, 0.15) is 10.4 Å². The summed E-state index contributed by atoms with van der Waals surface area (Å²) in [4.78, 5) is 12.5. The quantitative estimate of drug-likeness (QED) is 0.423. The number of para-hydroxylation sites is 2. The molecule has 3 nitrogen and oxygen atoms in total. The van der Waals surface area contributed by atoms with Gasteiger partial charge in [0.15, 0.2) is 0 Å². The number of rotatable bonds is 4. The van der Waals surface area contributed by atoms with Crippen LogP contribution in [0.5, 0.6) is 11.5 Å². The molecule has 0 bridgehead atoms. The molecule has 0 atom stereocenters. The van der Waals surface area contributed by atoms with Crippen molar-refractivity contribution < 1.29 is 14.3 Å². The Hall–Kier alpha value is -2.49. The SMILES string of the molecule is COc1ccccc1-c1ccccc1OC(=O)c1ccc(Cl)c(Cl)c1. The van der Waals surface area contributed by atoms with E-state index in [2.05, 4.69) is 0 Å². The van der Waals surface area contributed by atoms with Gasteiger partial charge in [-0.3, -0.25) is 0 Å². The number of methoxy groups -OCH3 is 1. The average Bonchev–Trinajstić information content (AvgIpc) is 2.64. The zero-order valence-electron chi connectivity index (χ0n) is 13.3. The van der Waals surface area contributed by atoms with Gasteiger partial charge in [0.1, 0.15) is 11.5 Å². The molecule has 0 spiro atoms. The van der Waals surface area contributed by atoms with E-state index in [0.29, 0.717) is 27.1 Å². The highest BCUT2D eigenvalue weighted by molar-refractivity contribution is 6.42. The topological polar surface area (TPSA) is 35.5 Å². The van der Waals surface area contributed by atoms with E-state index < -0.39 is 5.97 Å². The Morgan fingerprint density at radius 2 is 1.40 bits per heavy atom. The zero-order chi connectivity index (χ0) is 17.8. The van der Waals surface area contributed by atoms with Crippen molar-refractivity contribution in [3.8, 4) is 22.6 Å². The lowest BCUT2D eigenvalue weighted by Gasteiger charge is -2.13. The lowest BCUT2D eigenvalue weighted by Crippen LogP contribution is -2.09. The van der Waals surface area contributed by atoms with E-state index in [1.807, 2.05) is 36.4 Å². The van der Waals surface area contributed by atoms with Crippen molar-refractivity contribution >= 4 is 29.2 Å². The second kappa shape index (κ2) is 7.60. The van der Waals surface area contributed by atoms with Gasteiger partial charge in [-0.25, -0.2) is 4.79 Å². The van der Waals surface area contributed by atoms with Crippen molar-refractivity contribution in [1.29, 1.82) is 0 Å². The fraction of sp³-hybridized carbons (Fsp3) is 0.0500. The number of esters is 1. The third-order valence-corrected chi connectivity index (χ3v) is 4.38. The molecule has 3 aromatic rings. The number of benzene rings is 3. The highest BCUT2D eigenvalue weighted by atomic mass is 35.5. The number of hydrogen-bond acceptors (Lipinski definition) is 3. The summed E-state index contributed by atoms with van der Waals surface area (Å²) in [5, 5.41) is 0.682. The standard InChI is InChI=1S/C20H14Cl2O3/c1-24-18-8-4-2-6-14(18)15-7-3-5-9-19(15)25-20(23)13-10-11-16(21)17(22)12-13/h2-12H,1H3. The summed E-state index contributed by atoms with van der Waals surface area (Å²) in [6.07, 6.45) is 0. The third kappa shape index (κ3) is 3.78. The second-order valence-corrected chi connectivity index (χ2v) is 6.03. The Bertz CT molecular complexity index is 922. The van der Waals surface area contributed by atoms with E-state index in [0.717, 1.165) is 11.1 Å². The summed E-state index contributed by atoms with van der Waals surface area (Å²) in [6.45, 7) is 0. The summed E-state index contributed by atoms with van der Waals surface area (Å²) in [5.41, 5.74) is 1.92. The van der Waals surface area contributed by atoms with Gasteiger partial charge in [0.2, 0.25) is 0 Å². The monoisotopic (exact) mass is 372 g/mol. The fourth-order valence-electron chi connectivity index (χ4n) is 2.43. The molecular weight excluding hydrogens is 359 g/mol. The Labute approximate surface area is 155 Å². The molecule has 0 aromatic heterocycles. The first-order valence-corrected chi connectivity index (χ1v) is 8.25. The van der Waals surface area contributed by atoms with E-state index in [1.54, 1.807) is 31.4 Å². The van der Waals surface area contributed by atoms with E-state index in [4.69, 9.17) is 32.7 Å². The van der Waals surface area contributed by atoms with Gasteiger partial charge in [0, 0.05) is 11.1 Å². The number of hydrogen-bond donors (Lipinski definition) is 0. The van der Waals surface area contributed by atoms with Crippen LogP contribution in [0.2, 0.25) is 10.0 Å². The summed E-state index contributed by atoms with van der Waals surface area (Å²) in [5.74, 6) is 0.615. The molecular formula is C20H14Cl2O3. The van der Waals surface area contributed by atoms with Gasteiger partial charge in [-0.2, -0.15) is 0 Å². The largest absolute Gasteiger partial charge is 0.496 e. The van der Waals surface area contributed by atoms with Crippen molar-refractivity contribution in [3.63, 3.8) is 0 Å². The highest BCUT2D eigenvalue weighted by Crippen LogP contribution is 2.36. The van der Waals surface area contributed by atoms with Crippen molar-refractivity contribution in [1.82, 2.24) is 0 Å². The predicted molar refractivity (Wildman–Crippen MR) is 99.9 cm³/mol. The molecule has 0 heterocycles. The fourth-order valence-corrected chi connectivity index (χ4v) is 2.73. The number of ether oxygens (including phenoxy) is 2. The minimum absolute atomic E-state index is 0.300. The van der Waals surface area contributed by atoms with Crippen molar-refractivity contribution in [3.05, 3.63) is 82.3 Å². The summed E-state index contributed by atoms with van der Waals surface area (Å²) in [7, 11) is 1.60. The van der Waals surface area contributed by atoms with Crippen LogP contribution in [0.25, 0.3) is 11.1 Å². The molecule has 0 radical (unpaired) electrons. The van der Waals surface area contributed by atoms with Crippen LogP contribution in [-0.2, 0) is 0 Å². The van der Waals surface area contributed by atoms with Gasteiger partial charge >= 0.3 is 5.97 Å². The smallest absolute Gasteiger partial charge is 0.343 e. The maximum absolute atomic E-state index is 12.5. The first-order valence-electron chi connectivity index (χ1n) is 7.50. The predicted octanol–water partition coefficient (Wildman–Crippen LogP) is 5.89. The van der Waals surface area contributed by atoms with E-state index in [1.165, 1.54) is 6.07 Å². The molecule has 0 unspecified atom stereocenters. The number of halogens is 2. The maximum Gasteiger partial charge on any atom is 0.343 e. The highest BCUT2D eigenvalue weighted by Gasteiger charge is 2.15. The van der Waals surface area contributed by atoms with E-state index in [9.17, 15) is 4.79 Å². The van der Waals surface area contributed by atoms with Crippen LogP contribution in [0.15, 0.2) is 66.7 Å². The first-order chi connectivity index (χ1) is 12.1. The number of carbonyl (C=O) groups excluding carboxylic acids is 1. The van der Waals surface area contributed by atoms with Crippen molar-refractivity contribution in [2.24, 2.45) is 0 Å². The molecule has 0 aliphatic heterocycles. The van der Waals surface area contributed by atoms with Crippen LogP contribution < -0.4 is 9.47 Å². The summed E-state index contributed by atoms with van der Waals surface area (Å²) in [6, 6.07) is 19.4. The van der Waals surface area contributed by atoms with E-state index in [-0.39, 0.29) is 0 Å². The van der Waals surface area contributed by atoms with Crippen LogP contribution in [-0.4, -0.2) is 13.1 Å². The van der Waals surface area contributed by atoms with Gasteiger partial charge in [-0.05, 0) is 30.3 Å². The summed E-state index contributed by atoms with van der Waals surface area (Å²) >= 11 is 11.9. The third-order valence-electron chi connectivity index (χ3n) is 3.64. The van der Waals surface area contributed by atoms with E-state index >= 15 is 0 Å².